The minimum Gasteiger partial charge on any atom is -0.258 e. The standard InChI is InChI=1S/C7H5BrClNO4S/c1-4-2-5(10(11)12)3-6(7(4)8)15(9,13)14/h2-3H,1H3. The Bertz CT molecular complexity index is 528. The van der Waals surface area contributed by atoms with E-state index in [9.17, 15) is 18.5 Å². The Morgan fingerprint density at radius 2 is 2.00 bits per heavy atom. The van der Waals surface area contributed by atoms with Gasteiger partial charge in [-0.25, -0.2) is 8.42 Å². The van der Waals surface area contributed by atoms with Crippen LogP contribution in [-0.2, 0) is 9.05 Å². The zero-order valence-corrected chi connectivity index (χ0v) is 10.6. The minimum atomic E-state index is -3.99. The summed E-state index contributed by atoms with van der Waals surface area (Å²) in [6.07, 6.45) is 0. The van der Waals surface area contributed by atoms with Crippen LogP contribution in [0.15, 0.2) is 21.5 Å². The molecule has 0 radical (unpaired) electrons. The van der Waals surface area contributed by atoms with E-state index in [1.54, 1.807) is 6.92 Å². The van der Waals surface area contributed by atoms with Crippen molar-refractivity contribution < 1.29 is 13.3 Å². The topological polar surface area (TPSA) is 77.3 Å². The van der Waals surface area contributed by atoms with Gasteiger partial charge in [0.1, 0.15) is 4.90 Å². The molecule has 8 heteroatoms. The highest BCUT2D eigenvalue weighted by Crippen LogP contribution is 2.32. The van der Waals surface area contributed by atoms with Gasteiger partial charge in [-0.2, -0.15) is 0 Å². The van der Waals surface area contributed by atoms with Crippen molar-refractivity contribution in [1.29, 1.82) is 0 Å². The van der Waals surface area contributed by atoms with Gasteiger partial charge in [0.25, 0.3) is 14.7 Å². The second kappa shape index (κ2) is 4.07. The number of nitrogens with zero attached hydrogens (tertiary/aromatic N) is 1. The molecule has 0 atom stereocenters. The summed E-state index contributed by atoms with van der Waals surface area (Å²) < 4.78 is 22.4. The van der Waals surface area contributed by atoms with Gasteiger partial charge in [-0.1, -0.05) is 0 Å². The molecule has 0 amide bonds. The highest BCUT2D eigenvalue weighted by Gasteiger charge is 2.21. The van der Waals surface area contributed by atoms with E-state index in [0.29, 0.717) is 5.56 Å². The molecule has 0 aliphatic heterocycles. The first-order chi connectivity index (χ1) is 6.73. The molecule has 1 rings (SSSR count). The van der Waals surface area contributed by atoms with E-state index in [1.807, 2.05) is 0 Å². The Morgan fingerprint density at radius 3 is 2.40 bits per heavy atom. The Labute approximate surface area is 98.7 Å². The lowest BCUT2D eigenvalue weighted by Crippen LogP contribution is -1.97. The van der Waals surface area contributed by atoms with Crippen LogP contribution in [-0.4, -0.2) is 13.3 Å². The molecule has 0 aromatic heterocycles. The van der Waals surface area contributed by atoms with Crippen LogP contribution in [0.3, 0.4) is 0 Å². The number of benzene rings is 1. The average Bonchev–Trinajstić information content (AvgIpc) is 2.06. The number of nitro benzene ring substituents is 1. The predicted molar refractivity (Wildman–Crippen MR) is 58.6 cm³/mol. The summed E-state index contributed by atoms with van der Waals surface area (Å²) in [6, 6.07) is 2.18. The number of rotatable bonds is 2. The second-order valence-electron chi connectivity index (χ2n) is 2.77. The Balaban J connectivity index is 3.59. The van der Waals surface area contributed by atoms with Crippen molar-refractivity contribution in [2.24, 2.45) is 0 Å². The summed E-state index contributed by atoms with van der Waals surface area (Å²) in [5, 5.41) is 10.5. The monoisotopic (exact) mass is 313 g/mol. The van der Waals surface area contributed by atoms with E-state index in [1.165, 1.54) is 6.07 Å². The second-order valence-corrected chi connectivity index (χ2v) is 6.10. The molecule has 0 N–H and O–H groups in total. The molecular formula is C7H5BrClNO4S. The molecule has 0 aliphatic carbocycles. The van der Waals surface area contributed by atoms with Crippen LogP contribution in [0, 0.1) is 17.0 Å². The van der Waals surface area contributed by atoms with Crippen molar-refractivity contribution >= 4 is 41.4 Å². The molecule has 0 saturated carbocycles. The van der Waals surface area contributed by atoms with E-state index < -0.39 is 14.0 Å². The van der Waals surface area contributed by atoms with Gasteiger partial charge in [0.05, 0.1) is 4.92 Å². The number of halogens is 2. The molecule has 0 fully saturated rings. The molecule has 1 aromatic rings. The summed E-state index contributed by atoms with van der Waals surface area (Å²) in [5.41, 5.74) is 0.123. The maximum Gasteiger partial charge on any atom is 0.271 e. The van der Waals surface area contributed by atoms with E-state index in [0.717, 1.165) is 6.07 Å². The smallest absolute Gasteiger partial charge is 0.258 e. The van der Waals surface area contributed by atoms with Gasteiger partial charge >= 0.3 is 0 Å². The SMILES string of the molecule is Cc1cc([N+](=O)[O-])cc(S(=O)(=O)Cl)c1Br. The van der Waals surface area contributed by atoms with Crippen LogP contribution in [0.4, 0.5) is 5.69 Å². The third-order valence-electron chi connectivity index (χ3n) is 1.68. The Kier molecular flexibility index (Phi) is 3.37. The van der Waals surface area contributed by atoms with Crippen LogP contribution in [0.5, 0.6) is 0 Å². The van der Waals surface area contributed by atoms with Gasteiger partial charge in [-0.15, -0.1) is 0 Å². The molecular weight excluding hydrogens is 310 g/mol. The first-order valence-corrected chi connectivity index (χ1v) is 6.73. The van der Waals surface area contributed by atoms with Crippen LogP contribution in [0.2, 0.25) is 0 Å². The van der Waals surface area contributed by atoms with E-state index in [4.69, 9.17) is 10.7 Å². The fourth-order valence-electron chi connectivity index (χ4n) is 1.00. The Hall–Kier alpha value is -0.660. The van der Waals surface area contributed by atoms with Gasteiger partial charge < -0.3 is 0 Å². The van der Waals surface area contributed by atoms with Gasteiger partial charge in [0, 0.05) is 27.3 Å². The number of non-ortho nitro benzene ring substituents is 1. The summed E-state index contributed by atoms with van der Waals surface area (Å²) >= 11 is 3.01. The molecule has 0 spiro atoms. The normalized spacial score (nSPS) is 11.4. The van der Waals surface area contributed by atoms with Crippen molar-refractivity contribution in [2.75, 3.05) is 0 Å². The summed E-state index contributed by atoms with van der Waals surface area (Å²) in [5.74, 6) is 0. The lowest BCUT2D eigenvalue weighted by atomic mass is 10.2. The van der Waals surface area contributed by atoms with Crippen molar-refractivity contribution in [3.05, 3.63) is 32.3 Å². The van der Waals surface area contributed by atoms with Gasteiger partial charge in [0.15, 0.2) is 0 Å². The summed E-state index contributed by atoms with van der Waals surface area (Å²) in [6.45, 7) is 1.54. The zero-order valence-electron chi connectivity index (χ0n) is 7.40. The molecule has 82 valence electrons. The van der Waals surface area contributed by atoms with E-state index >= 15 is 0 Å². The number of hydrogen-bond acceptors (Lipinski definition) is 4. The average molecular weight is 315 g/mol. The lowest BCUT2D eigenvalue weighted by Gasteiger charge is -2.03. The van der Waals surface area contributed by atoms with Crippen LogP contribution in [0.25, 0.3) is 0 Å². The molecule has 0 bridgehead atoms. The fourth-order valence-corrected chi connectivity index (χ4v) is 3.15. The maximum absolute atomic E-state index is 11.1. The first kappa shape index (κ1) is 12.4. The van der Waals surface area contributed by atoms with Crippen molar-refractivity contribution in [1.82, 2.24) is 0 Å². The summed E-state index contributed by atoms with van der Waals surface area (Å²) in [4.78, 5) is 9.52. The van der Waals surface area contributed by atoms with Gasteiger partial charge in [-0.05, 0) is 28.4 Å². The van der Waals surface area contributed by atoms with Crippen LogP contribution < -0.4 is 0 Å². The maximum atomic E-state index is 11.1. The largest absolute Gasteiger partial charge is 0.271 e. The molecule has 0 heterocycles. The minimum absolute atomic E-state index is 0.239. The quantitative estimate of drug-likeness (QED) is 0.477. The highest BCUT2D eigenvalue weighted by molar-refractivity contribution is 9.10. The van der Waals surface area contributed by atoms with Crippen LogP contribution >= 0.6 is 26.6 Å². The third-order valence-corrected chi connectivity index (χ3v) is 4.34. The van der Waals surface area contributed by atoms with Crippen LogP contribution in [0.1, 0.15) is 5.56 Å². The number of hydrogen-bond donors (Lipinski definition) is 0. The fraction of sp³-hybridized carbons (Fsp3) is 0.143. The first-order valence-electron chi connectivity index (χ1n) is 3.62. The molecule has 0 unspecified atom stereocenters. The third kappa shape index (κ3) is 2.67. The zero-order chi connectivity index (χ0) is 11.8. The molecule has 0 saturated heterocycles. The lowest BCUT2D eigenvalue weighted by molar-refractivity contribution is -0.385. The van der Waals surface area contributed by atoms with Crippen molar-refractivity contribution in [2.45, 2.75) is 11.8 Å². The van der Waals surface area contributed by atoms with Gasteiger partial charge in [-0.3, -0.25) is 10.1 Å². The molecule has 1 aromatic carbocycles. The van der Waals surface area contributed by atoms with Gasteiger partial charge in [0.2, 0.25) is 0 Å². The summed E-state index contributed by atoms with van der Waals surface area (Å²) in [7, 11) is 1.14. The van der Waals surface area contributed by atoms with E-state index in [2.05, 4.69) is 15.9 Å². The predicted octanol–water partition coefficient (Wildman–Crippen LogP) is 2.59. The molecule has 15 heavy (non-hydrogen) atoms. The molecule has 5 nitrogen and oxygen atoms in total. The Morgan fingerprint density at radius 1 is 1.47 bits per heavy atom. The number of nitro groups is 1. The number of aryl methyl sites for hydroxylation is 1. The molecule has 0 aliphatic rings. The van der Waals surface area contributed by atoms with E-state index in [-0.39, 0.29) is 15.1 Å². The van der Waals surface area contributed by atoms with Crippen molar-refractivity contribution in [3.8, 4) is 0 Å². The van der Waals surface area contributed by atoms with Crippen molar-refractivity contribution in [3.63, 3.8) is 0 Å². The highest BCUT2D eigenvalue weighted by atomic mass is 79.9.